The number of hydrogen-bond donors (Lipinski definition) is 0. The Kier molecular flexibility index (Phi) is 4.01. The van der Waals surface area contributed by atoms with E-state index in [1.54, 1.807) is 0 Å². The first-order chi connectivity index (χ1) is 9.15. The van der Waals surface area contributed by atoms with Gasteiger partial charge >= 0.3 is 0 Å². The molecule has 1 nitrogen and oxygen atoms in total. The third kappa shape index (κ3) is 2.76. The highest BCUT2D eigenvalue weighted by molar-refractivity contribution is 9.11. The standard InChI is InChI=1S/C15H11Br3O/c16-11-2-3-12(13(17)8-11)15(18)10-1-4-14-9(7-10)5-6-19-14/h1-4,7-8,15H,5-6H2. The molecule has 2 aromatic carbocycles. The molecule has 19 heavy (non-hydrogen) atoms. The molecule has 0 amide bonds. The molecular weight excluding hydrogens is 436 g/mol. The van der Waals surface area contributed by atoms with E-state index < -0.39 is 0 Å². The van der Waals surface area contributed by atoms with Gasteiger partial charge in [0.2, 0.25) is 0 Å². The molecule has 0 N–H and O–H groups in total. The zero-order valence-corrected chi connectivity index (χ0v) is 14.8. The Morgan fingerprint density at radius 1 is 1.05 bits per heavy atom. The first-order valence-electron chi connectivity index (χ1n) is 6.00. The molecule has 4 heteroatoms. The number of rotatable bonds is 2. The van der Waals surface area contributed by atoms with Gasteiger partial charge in [-0.2, -0.15) is 0 Å². The van der Waals surface area contributed by atoms with E-state index >= 15 is 0 Å². The fourth-order valence-corrected chi connectivity index (χ4v) is 4.52. The number of ether oxygens (including phenoxy) is 1. The van der Waals surface area contributed by atoms with Crippen LogP contribution in [0.1, 0.15) is 21.5 Å². The van der Waals surface area contributed by atoms with Gasteiger partial charge in [0.05, 0.1) is 11.4 Å². The van der Waals surface area contributed by atoms with E-state index in [1.165, 1.54) is 16.7 Å². The predicted molar refractivity (Wildman–Crippen MR) is 88.3 cm³/mol. The average Bonchev–Trinajstić information content (AvgIpc) is 2.85. The molecule has 0 aromatic heterocycles. The van der Waals surface area contributed by atoms with Gasteiger partial charge in [-0.15, -0.1) is 0 Å². The Bertz CT molecular complexity index is 625. The Hall–Kier alpha value is -0.320. The Morgan fingerprint density at radius 3 is 2.68 bits per heavy atom. The minimum Gasteiger partial charge on any atom is -0.493 e. The summed E-state index contributed by atoms with van der Waals surface area (Å²) in [7, 11) is 0. The first-order valence-corrected chi connectivity index (χ1v) is 8.50. The number of alkyl halides is 1. The molecular formula is C15H11Br3O. The maximum atomic E-state index is 5.55. The van der Waals surface area contributed by atoms with Gasteiger partial charge in [-0.05, 0) is 34.9 Å². The molecule has 0 aliphatic carbocycles. The molecule has 0 radical (unpaired) electrons. The average molecular weight is 447 g/mol. The van der Waals surface area contributed by atoms with E-state index in [4.69, 9.17) is 4.74 Å². The van der Waals surface area contributed by atoms with Crippen LogP contribution >= 0.6 is 47.8 Å². The Labute approximate surface area is 137 Å². The van der Waals surface area contributed by atoms with E-state index in [0.29, 0.717) is 0 Å². The third-order valence-electron chi connectivity index (χ3n) is 3.24. The lowest BCUT2D eigenvalue weighted by Crippen LogP contribution is -1.95. The van der Waals surface area contributed by atoms with Crippen molar-refractivity contribution < 1.29 is 4.74 Å². The zero-order valence-electron chi connectivity index (χ0n) is 10.00. The maximum absolute atomic E-state index is 5.55. The molecule has 3 rings (SSSR count). The summed E-state index contributed by atoms with van der Waals surface area (Å²) in [5, 5.41) is 0. The van der Waals surface area contributed by atoms with Gasteiger partial charge in [-0.1, -0.05) is 66.0 Å². The second-order valence-corrected chi connectivity index (χ2v) is 7.18. The van der Waals surface area contributed by atoms with Crippen LogP contribution in [0.25, 0.3) is 0 Å². The van der Waals surface area contributed by atoms with Crippen LogP contribution in [0.2, 0.25) is 0 Å². The summed E-state index contributed by atoms with van der Waals surface area (Å²) in [6, 6.07) is 12.7. The Balaban J connectivity index is 1.97. The summed E-state index contributed by atoms with van der Waals surface area (Å²) in [6.07, 6.45) is 1.00. The van der Waals surface area contributed by atoms with Crippen molar-refractivity contribution >= 4 is 47.8 Å². The maximum Gasteiger partial charge on any atom is 0.122 e. The number of hydrogen-bond acceptors (Lipinski definition) is 1. The smallest absolute Gasteiger partial charge is 0.122 e. The van der Waals surface area contributed by atoms with E-state index in [0.717, 1.165) is 27.7 Å². The van der Waals surface area contributed by atoms with E-state index in [9.17, 15) is 0 Å². The minimum atomic E-state index is 0.181. The number of fused-ring (bicyclic) bond motifs is 1. The lowest BCUT2D eigenvalue weighted by atomic mass is 10.0. The molecule has 0 saturated heterocycles. The molecule has 1 unspecified atom stereocenters. The molecule has 0 fully saturated rings. The number of benzene rings is 2. The molecule has 1 atom stereocenters. The fourth-order valence-electron chi connectivity index (χ4n) is 2.25. The second-order valence-electron chi connectivity index (χ2n) is 4.49. The van der Waals surface area contributed by atoms with E-state index in [1.807, 2.05) is 0 Å². The van der Waals surface area contributed by atoms with Crippen LogP contribution in [0.4, 0.5) is 0 Å². The second kappa shape index (κ2) is 5.58. The van der Waals surface area contributed by atoms with Gasteiger partial charge in [0.1, 0.15) is 5.75 Å². The van der Waals surface area contributed by atoms with Crippen LogP contribution in [0, 0.1) is 0 Å². The highest BCUT2D eigenvalue weighted by atomic mass is 79.9. The lowest BCUT2D eigenvalue weighted by molar-refractivity contribution is 0.357. The predicted octanol–water partition coefficient (Wildman–Crippen LogP) is 5.63. The summed E-state index contributed by atoms with van der Waals surface area (Å²) < 4.78 is 7.72. The summed E-state index contributed by atoms with van der Waals surface area (Å²) in [6.45, 7) is 0.799. The fraction of sp³-hybridized carbons (Fsp3) is 0.200. The highest BCUT2D eigenvalue weighted by Gasteiger charge is 2.18. The van der Waals surface area contributed by atoms with Crippen molar-refractivity contribution in [2.45, 2.75) is 11.2 Å². The van der Waals surface area contributed by atoms with Crippen LogP contribution < -0.4 is 4.74 Å². The topological polar surface area (TPSA) is 9.23 Å². The minimum absolute atomic E-state index is 0.181. The SMILES string of the molecule is Brc1ccc(C(Br)c2ccc3c(c2)CCO3)c(Br)c1. The van der Waals surface area contributed by atoms with Crippen LogP contribution in [-0.2, 0) is 6.42 Å². The molecule has 2 aromatic rings. The molecule has 1 aliphatic heterocycles. The van der Waals surface area contributed by atoms with Gasteiger partial charge < -0.3 is 4.74 Å². The normalized spacial score (nSPS) is 14.9. The van der Waals surface area contributed by atoms with E-state index in [2.05, 4.69) is 84.2 Å². The van der Waals surface area contributed by atoms with Crippen molar-refractivity contribution in [3.05, 3.63) is 62.0 Å². The van der Waals surface area contributed by atoms with Crippen LogP contribution in [0.3, 0.4) is 0 Å². The highest BCUT2D eigenvalue weighted by Crippen LogP contribution is 2.38. The summed E-state index contributed by atoms with van der Waals surface area (Å²) in [5.74, 6) is 1.03. The third-order valence-corrected chi connectivity index (χ3v) is 5.44. The molecule has 0 bridgehead atoms. The van der Waals surface area contributed by atoms with Gasteiger partial charge in [-0.3, -0.25) is 0 Å². The van der Waals surface area contributed by atoms with Crippen molar-refractivity contribution in [3.8, 4) is 5.75 Å². The van der Waals surface area contributed by atoms with Crippen LogP contribution in [0.15, 0.2) is 45.3 Å². The summed E-state index contributed by atoms with van der Waals surface area (Å²) in [4.78, 5) is 0.181. The number of halogens is 3. The van der Waals surface area contributed by atoms with E-state index in [-0.39, 0.29) is 4.83 Å². The first kappa shape index (κ1) is 13.7. The summed E-state index contributed by atoms with van der Waals surface area (Å²) >= 11 is 10.9. The van der Waals surface area contributed by atoms with Crippen molar-refractivity contribution in [2.24, 2.45) is 0 Å². The monoisotopic (exact) mass is 444 g/mol. The summed E-state index contributed by atoms with van der Waals surface area (Å²) in [5.41, 5.74) is 3.78. The Morgan fingerprint density at radius 2 is 1.89 bits per heavy atom. The lowest BCUT2D eigenvalue weighted by Gasteiger charge is -2.14. The van der Waals surface area contributed by atoms with Crippen molar-refractivity contribution in [1.29, 1.82) is 0 Å². The van der Waals surface area contributed by atoms with Gasteiger partial charge in [0.25, 0.3) is 0 Å². The largest absolute Gasteiger partial charge is 0.493 e. The molecule has 1 heterocycles. The van der Waals surface area contributed by atoms with Gasteiger partial charge in [-0.25, -0.2) is 0 Å². The van der Waals surface area contributed by atoms with Crippen LogP contribution in [0.5, 0.6) is 5.75 Å². The van der Waals surface area contributed by atoms with Gasteiger partial charge in [0, 0.05) is 15.4 Å². The molecule has 1 aliphatic rings. The van der Waals surface area contributed by atoms with Crippen molar-refractivity contribution in [1.82, 2.24) is 0 Å². The van der Waals surface area contributed by atoms with Crippen molar-refractivity contribution in [3.63, 3.8) is 0 Å². The van der Waals surface area contributed by atoms with Gasteiger partial charge in [0.15, 0.2) is 0 Å². The zero-order chi connectivity index (χ0) is 13.4. The van der Waals surface area contributed by atoms with Crippen molar-refractivity contribution in [2.75, 3.05) is 6.61 Å². The molecule has 98 valence electrons. The molecule has 0 saturated carbocycles. The molecule has 0 spiro atoms. The van der Waals surface area contributed by atoms with Crippen LogP contribution in [-0.4, -0.2) is 6.61 Å². The quantitative estimate of drug-likeness (QED) is 0.543.